The molecule has 0 aliphatic rings. The van der Waals surface area contributed by atoms with Crippen molar-refractivity contribution in [1.29, 1.82) is 0 Å². The first kappa shape index (κ1) is 17.1. The summed E-state index contributed by atoms with van der Waals surface area (Å²) in [5, 5.41) is 7.84. The van der Waals surface area contributed by atoms with Crippen LogP contribution in [0, 0.1) is 0 Å². The Bertz CT molecular complexity index is 831. The van der Waals surface area contributed by atoms with Gasteiger partial charge in [-0.25, -0.2) is 4.98 Å². The van der Waals surface area contributed by atoms with Crippen molar-refractivity contribution in [2.24, 2.45) is 0 Å². The Labute approximate surface area is 156 Å². The SMILES string of the molecule is COc1ccc(Br)cc1CNC(=O)Cc1csc(-c2cccs2)n1. The number of hydrogen-bond acceptors (Lipinski definition) is 5. The Morgan fingerprint density at radius 3 is 2.96 bits per heavy atom. The number of halogens is 1. The lowest BCUT2D eigenvalue weighted by molar-refractivity contribution is -0.120. The molecule has 0 atom stereocenters. The fraction of sp³-hybridized carbons (Fsp3) is 0.176. The Kier molecular flexibility index (Phi) is 5.65. The average Bonchev–Trinajstić information content (AvgIpc) is 3.24. The van der Waals surface area contributed by atoms with Crippen molar-refractivity contribution in [3.63, 3.8) is 0 Å². The molecule has 0 saturated heterocycles. The monoisotopic (exact) mass is 422 g/mol. The molecule has 0 spiro atoms. The summed E-state index contributed by atoms with van der Waals surface area (Å²) >= 11 is 6.65. The summed E-state index contributed by atoms with van der Waals surface area (Å²) < 4.78 is 6.27. The second kappa shape index (κ2) is 7.92. The zero-order chi connectivity index (χ0) is 16.9. The van der Waals surface area contributed by atoms with E-state index in [0.717, 1.165) is 31.4 Å². The molecule has 0 radical (unpaired) electrons. The highest BCUT2D eigenvalue weighted by Gasteiger charge is 2.11. The quantitative estimate of drug-likeness (QED) is 0.635. The molecule has 3 rings (SSSR count). The Morgan fingerprint density at radius 2 is 2.21 bits per heavy atom. The predicted molar refractivity (Wildman–Crippen MR) is 102 cm³/mol. The number of ether oxygens (including phenoxy) is 1. The van der Waals surface area contributed by atoms with Crippen LogP contribution in [0.2, 0.25) is 0 Å². The van der Waals surface area contributed by atoms with Gasteiger partial charge in [0.15, 0.2) is 0 Å². The number of carbonyl (C=O) groups is 1. The zero-order valence-corrected chi connectivity index (χ0v) is 16.1. The molecule has 0 saturated carbocycles. The lowest BCUT2D eigenvalue weighted by atomic mass is 10.2. The van der Waals surface area contributed by atoms with Gasteiger partial charge >= 0.3 is 0 Å². The van der Waals surface area contributed by atoms with E-state index in [1.807, 2.05) is 41.1 Å². The molecule has 1 N–H and O–H groups in total. The van der Waals surface area contributed by atoms with E-state index < -0.39 is 0 Å². The largest absolute Gasteiger partial charge is 0.496 e. The summed E-state index contributed by atoms with van der Waals surface area (Å²) in [5.41, 5.74) is 1.72. The van der Waals surface area contributed by atoms with Crippen molar-refractivity contribution in [1.82, 2.24) is 10.3 Å². The molecule has 4 nitrogen and oxygen atoms in total. The van der Waals surface area contributed by atoms with E-state index in [0.29, 0.717) is 6.54 Å². The van der Waals surface area contributed by atoms with E-state index in [2.05, 4.69) is 26.2 Å². The van der Waals surface area contributed by atoms with Gasteiger partial charge in [0.2, 0.25) is 5.91 Å². The fourth-order valence-corrected chi connectivity index (χ4v) is 4.25. The number of rotatable bonds is 6. The van der Waals surface area contributed by atoms with Crippen molar-refractivity contribution in [3.8, 4) is 15.6 Å². The average molecular weight is 423 g/mol. The van der Waals surface area contributed by atoms with Gasteiger partial charge < -0.3 is 10.1 Å². The molecule has 24 heavy (non-hydrogen) atoms. The van der Waals surface area contributed by atoms with Crippen molar-refractivity contribution < 1.29 is 9.53 Å². The maximum absolute atomic E-state index is 12.2. The lowest BCUT2D eigenvalue weighted by Crippen LogP contribution is -2.24. The summed E-state index contributed by atoms with van der Waals surface area (Å²) in [6, 6.07) is 9.76. The van der Waals surface area contributed by atoms with Crippen LogP contribution in [-0.2, 0) is 17.8 Å². The van der Waals surface area contributed by atoms with Crippen molar-refractivity contribution >= 4 is 44.5 Å². The van der Waals surface area contributed by atoms with Crippen LogP contribution in [0.3, 0.4) is 0 Å². The third-order valence-corrected chi connectivity index (χ3v) is 5.77. The molecule has 0 aliphatic heterocycles. The van der Waals surface area contributed by atoms with Gasteiger partial charge in [-0.1, -0.05) is 22.0 Å². The van der Waals surface area contributed by atoms with Crippen LogP contribution in [0.4, 0.5) is 0 Å². The molecule has 7 heteroatoms. The van der Waals surface area contributed by atoms with E-state index in [1.54, 1.807) is 29.8 Å². The maximum atomic E-state index is 12.2. The third-order valence-electron chi connectivity index (χ3n) is 3.34. The number of thiazole rings is 1. The molecule has 0 unspecified atom stereocenters. The zero-order valence-electron chi connectivity index (χ0n) is 12.9. The summed E-state index contributed by atoms with van der Waals surface area (Å²) in [6.07, 6.45) is 0.276. The Hall–Kier alpha value is -1.70. The smallest absolute Gasteiger partial charge is 0.226 e. The van der Waals surface area contributed by atoms with Gasteiger partial charge in [-0.3, -0.25) is 4.79 Å². The molecule has 0 bridgehead atoms. The number of methoxy groups -OCH3 is 1. The lowest BCUT2D eigenvalue weighted by Gasteiger charge is -2.10. The van der Waals surface area contributed by atoms with Gasteiger partial charge in [0, 0.05) is 22.0 Å². The number of hydrogen-bond donors (Lipinski definition) is 1. The van der Waals surface area contributed by atoms with Crippen LogP contribution in [-0.4, -0.2) is 18.0 Å². The van der Waals surface area contributed by atoms with E-state index in [-0.39, 0.29) is 12.3 Å². The number of amides is 1. The predicted octanol–water partition coefficient (Wildman–Crippen LogP) is 4.50. The summed E-state index contributed by atoms with van der Waals surface area (Å²) in [7, 11) is 1.62. The first-order valence-electron chi connectivity index (χ1n) is 7.23. The van der Waals surface area contributed by atoms with Gasteiger partial charge in [-0.05, 0) is 29.6 Å². The number of nitrogens with zero attached hydrogens (tertiary/aromatic N) is 1. The highest BCUT2D eigenvalue weighted by Crippen LogP contribution is 2.28. The number of nitrogens with one attached hydrogen (secondary N) is 1. The molecule has 1 amide bonds. The van der Waals surface area contributed by atoms with Gasteiger partial charge in [-0.15, -0.1) is 22.7 Å². The number of thiophene rings is 1. The minimum atomic E-state index is -0.0555. The summed E-state index contributed by atoms with van der Waals surface area (Å²) in [6.45, 7) is 0.420. The van der Waals surface area contributed by atoms with Crippen molar-refractivity contribution in [3.05, 3.63) is 56.8 Å². The molecular weight excluding hydrogens is 408 g/mol. The van der Waals surface area contributed by atoms with Crippen LogP contribution in [0.25, 0.3) is 9.88 Å². The molecule has 2 heterocycles. The second-order valence-corrected chi connectivity index (χ2v) is 7.75. The van der Waals surface area contributed by atoms with Gasteiger partial charge in [0.1, 0.15) is 10.8 Å². The van der Waals surface area contributed by atoms with Gasteiger partial charge in [0.05, 0.1) is 24.1 Å². The van der Waals surface area contributed by atoms with E-state index >= 15 is 0 Å². The topological polar surface area (TPSA) is 51.2 Å². The normalized spacial score (nSPS) is 10.6. The van der Waals surface area contributed by atoms with E-state index in [4.69, 9.17) is 4.74 Å². The van der Waals surface area contributed by atoms with Crippen LogP contribution in [0.1, 0.15) is 11.3 Å². The molecular formula is C17H15BrN2O2S2. The molecule has 0 aliphatic carbocycles. The van der Waals surface area contributed by atoms with Crippen LogP contribution in [0.5, 0.6) is 5.75 Å². The minimum Gasteiger partial charge on any atom is -0.496 e. The van der Waals surface area contributed by atoms with Gasteiger partial charge in [0.25, 0.3) is 0 Å². The van der Waals surface area contributed by atoms with Crippen molar-refractivity contribution in [2.45, 2.75) is 13.0 Å². The Balaban J connectivity index is 1.59. The molecule has 0 fully saturated rings. The molecule has 124 valence electrons. The Morgan fingerprint density at radius 1 is 1.33 bits per heavy atom. The van der Waals surface area contributed by atoms with E-state index in [9.17, 15) is 4.79 Å². The minimum absolute atomic E-state index is 0.0555. The van der Waals surface area contributed by atoms with Gasteiger partial charge in [-0.2, -0.15) is 0 Å². The standard InChI is InChI=1S/C17H15BrN2O2S2/c1-22-14-5-4-12(18)7-11(14)9-19-16(21)8-13-10-24-17(20-13)15-3-2-6-23-15/h2-7,10H,8-9H2,1H3,(H,19,21). The maximum Gasteiger partial charge on any atom is 0.226 e. The first-order valence-corrected chi connectivity index (χ1v) is 9.78. The van der Waals surface area contributed by atoms with Crippen LogP contribution in [0.15, 0.2) is 45.6 Å². The molecule has 3 aromatic rings. The highest BCUT2D eigenvalue weighted by atomic mass is 79.9. The number of benzene rings is 1. The number of aromatic nitrogens is 1. The van der Waals surface area contributed by atoms with Crippen molar-refractivity contribution in [2.75, 3.05) is 7.11 Å². The highest BCUT2D eigenvalue weighted by molar-refractivity contribution is 9.10. The number of carbonyl (C=O) groups excluding carboxylic acids is 1. The molecule has 2 aromatic heterocycles. The fourth-order valence-electron chi connectivity index (χ4n) is 2.21. The summed E-state index contributed by atoms with van der Waals surface area (Å²) in [5.74, 6) is 0.701. The van der Waals surface area contributed by atoms with E-state index in [1.165, 1.54) is 0 Å². The molecule has 1 aromatic carbocycles. The third kappa shape index (κ3) is 4.23. The van der Waals surface area contributed by atoms with Crippen LogP contribution < -0.4 is 10.1 Å². The first-order chi connectivity index (χ1) is 11.7. The van der Waals surface area contributed by atoms with Crippen LogP contribution >= 0.6 is 38.6 Å². The second-order valence-electron chi connectivity index (χ2n) is 5.03. The summed E-state index contributed by atoms with van der Waals surface area (Å²) in [4.78, 5) is 17.8.